The zero-order valence-electron chi connectivity index (χ0n) is 22.6. The molecule has 1 atom stereocenters. The number of hydrogen-bond donors (Lipinski definition) is 1. The van der Waals surface area contributed by atoms with Crippen LogP contribution in [0.25, 0.3) is 0 Å². The number of anilines is 1. The van der Waals surface area contributed by atoms with Crippen molar-refractivity contribution in [2.45, 2.75) is 44.7 Å². The molecule has 40 heavy (non-hydrogen) atoms. The van der Waals surface area contributed by atoms with Crippen molar-refractivity contribution in [2.75, 3.05) is 24.0 Å². The maximum Gasteiger partial charge on any atom is 0.264 e. The Balaban J connectivity index is 2.03. The van der Waals surface area contributed by atoms with Gasteiger partial charge in [0.2, 0.25) is 11.8 Å². The van der Waals surface area contributed by atoms with Gasteiger partial charge in [-0.2, -0.15) is 0 Å². The standard InChI is InChI=1S/C29H33ClFN3O5S/c1-4-18-32-29(36)21(3)33(19-22-8-6-7-9-27(22)31)28(35)20-34(24-12-14-25(15-13-24)39-5-2)40(37,38)26-16-10-23(30)11-17-26/h6-17,21H,4-5,18-20H2,1-3H3,(H,32,36). The summed E-state index contributed by atoms with van der Waals surface area (Å²) in [5.74, 6) is -1.13. The molecule has 0 aromatic heterocycles. The Hall–Kier alpha value is -3.63. The molecule has 0 heterocycles. The SMILES string of the molecule is CCCNC(=O)C(C)N(Cc1ccccc1F)C(=O)CN(c1ccc(OCC)cc1)S(=O)(=O)c1ccc(Cl)cc1. The first-order chi connectivity index (χ1) is 19.1. The summed E-state index contributed by atoms with van der Waals surface area (Å²) in [7, 11) is -4.25. The van der Waals surface area contributed by atoms with Crippen molar-refractivity contribution in [1.82, 2.24) is 10.2 Å². The fraction of sp³-hybridized carbons (Fsp3) is 0.310. The van der Waals surface area contributed by atoms with Gasteiger partial charge in [-0.1, -0.05) is 36.7 Å². The van der Waals surface area contributed by atoms with Gasteiger partial charge in [-0.15, -0.1) is 0 Å². The van der Waals surface area contributed by atoms with Gasteiger partial charge in [0, 0.05) is 23.7 Å². The van der Waals surface area contributed by atoms with Crippen molar-refractivity contribution in [3.8, 4) is 5.75 Å². The molecular weight excluding hydrogens is 557 g/mol. The van der Waals surface area contributed by atoms with Gasteiger partial charge in [-0.05, 0) is 74.9 Å². The van der Waals surface area contributed by atoms with Crippen molar-refractivity contribution >= 4 is 39.1 Å². The number of halogens is 2. The van der Waals surface area contributed by atoms with E-state index in [9.17, 15) is 22.4 Å². The number of sulfonamides is 1. The molecule has 0 saturated heterocycles. The van der Waals surface area contributed by atoms with Gasteiger partial charge in [0.25, 0.3) is 10.0 Å². The number of carbonyl (C=O) groups excluding carboxylic acids is 2. The number of amides is 2. The molecule has 3 aromatic carbocycles. The number of hydrogen-bond acceptors (Lipinski definition) is 5. The van der Waals surface area contributed by atoms with Gasteiger partial charge in [0.1, 0.15) is 24.2 Å². The van der Waals surface area contributed by atoms with Crippen LogP contribution >= 0.6 is 11.6 Å². The molecule has 0 radical (unpaired) electrons. The van der Waals surface area contributed by atoms with Gasteiger partial charge in [0.05, 0.1) is 17.2 Å². The fourth-order valence-electron chi connectivity index (χ4n) is 3.93. The maximum atomic E-state index is 14.6. The van der Waals surface area contributed by atoms with E-state index in [-0.39, 0.29) is 22.7 Å². The van der Waals surface area contributed by atoms with Crippen molar-refractivity contribution in [2.24, 2.45) is 0 Å². The van der Waals surface area contributed by atoms with Crippen LogP contribution in [0, 0.1) is 5.82 Å². The number of nitrogens with one attached hydrogen (secondary N) is 1. The van der Waals surface area contributed by atoms with E-state index in [1.54, 1.807) is 18.2 Å². The van der Waals surface area contributed by atoms with Crippen molar-refractivity contribution in [3.63, 3.8) is 0 Å². The number of carbonyl (C=O) groups is 2. The lowest BCUT2D eigenvalue weighted by atomic mass is 10.1. The molecule has 1 unspecified atom stereocenters. The highest BCUT2D eigenvalue weighted by Gasteiger charge is 2.32. The van der Waals surface area contributed by atoms with Crippen LogP contribution in [0.2, 0.25) is 5.02 Å². The van der Waals surface area contributed by atoms with E-state index in [2.05, 4.69) is 5.32 Å². The first-order valence-corrected chi connectivity index (χ1v) is 14.7. The number of ether oxygens (including phenoxy) is 1. The minimum absolute atomic E-state index is 0.0759. The summed E-state index contributed by atoms with van der Waals surface area (Å²) in [5.41, 5.74) is 0.403. The third-order valence-corrected chi connectivity index (χ3v) is 8.17. The molecule has 214 valence electrons. The first-order valence-electron chi connectivity index (χ1n) is 12.9. The van der Waals surface area contributed by atoms with Crippen LogP contribution in [0.4, 0.5) is 10.1 Å². The smallest absolute Gasteiger partial charge is 0.264 e. The van der Waals surface area contributed by atoms with Crippen LogP contribution in [0.3, 0.4) is 0 Å². The summed E-state index contributed by atoms with van der Waals surface area (Å²) < 4.78 is 48.6. The van der Waals surface area contributed by atoms with Crippen LogP contribution < -0.4 is 14.4 Å². The highest BCUT2D eigenvalue weighted by Crippen LogP contribution is 2.27. The van der Waals surface area contributed by atoms with Crippen molar-refractivity contribution < 1.29 is 27.1 Å². The quantitative estimate of drug-likeness (QED) is 0.302. The molecule has 1 N–H and O–H groups in total. The van der Waals surface area contributed by atoms with Crippen LogP contribution in [0.15, 0.2) is 77.7 Å². The van der Waals surface area contributed by atoms with Gasteiger partial charge in [0.15, 0.2) is 0 Å². The molecule has 8 nitrogen and oxygen atoms in total. The first kappa shape index (κ1) is 30.9. The Morgan fingerprint density at radius 1 is 1.00 bits per heavy atom. The van der Waals surface area contributed by atoms with E-state index in [4.69, 9.17) is 16.3 Å². The second-order valence-corrected chi connectivity index (χ2v) is 11.3. The number of benzene rings is 3. The topological polar surface area (TPSA) is 96.0 Å². The van der Waals surface area contributed by atoms with Crippen LogP contribution in [-0.2, 0) is 26.2 Å². The summed E-state index contributed by atoms with van der Waals surface area (Å²) >= 11 is 5.97. The Kier molecular flexibility index (Phi) is 10.9. The van der Waals surface area contributed by atoms with Gasteiger partial charge in [-0.25, -0.2) is 12.8 Å². The second kappa shape index (κ2) is 14.1. The van der Waals surface area contributed by atoms with Gasteiger partial charge >= 0.3 is 0 Å². The Labute approximate surface area is 239 Å². The largest absolute Gasteiger partial charge is 0.494 e. The summed E-state index contributed by atoms with van der Waals surface area (Å²) in [6.45, 7) is 5.19. The molecule has 0 saturated carbocycles. The van der Waals surface area contributed by atoms with Crippen molar-refractivity contribution in [3.05, 3.63) is 89.2 Å². The third-order valence-electron chi connectivity index (χ3n) is 6.13. The van der Waals surface area contributed by atoms with E-state index in [0.717, 1.165) is 4.31 Å². The molecule has 0 aliphatic heterocycles. The molecule has 0 spiro atoms. The predicted octanol–water partition coefficient (Wildman–Crippen LogP) is 5.02. The molecule has 0 bridgehead atoms. The molecule has 11 heteroatoms. The average molecular weight is 590 g/mol. The Bertz CT molecular complexity index is 1400. The number of nitrogens with zero attached hydrogens (tertiary/aromatic N) is 2. The van der Waals surface area contributed by atoms with E-state index >= 15 is 0 Å². The lowest BCUT2D eigenvalue weighted by Gasteiger charge is -2.32. The zero-order valence-corrected chi connectivity index (χ0v) is 24.2. The molecule has 3 aromatic rings. The second-order valence-electron chi connectivity index (χ2n) is 8.97. The average Bonchev–Trinajstić information content (AvgIpc) is 2.94. The van der Waals surface area contributed by atoms with Gasteiger partial charge < -0.3 is 15.0 Å². The Morgan fingerprint density at radius 2 is 1.65 bits per heavy atom. The lowest BCUT2D eigenvalue weighted by Crippen LogP contribution is -2.51. The monoisotopic (exact) mass is 589 g/mol. The highest BCUT2D eigenvalue weighted by molar-refractivity contribution is 7.92. The lowest BCUT2D eigenvalue weighted by molar-refractivity contribution is -0.139. The highest BCUT2D eigenvalue weighted by atomic mass is 35.5. The minimum atomic E-state index is -4.25. The molecular formula is C29H33ClFN3O5S. The summed E-state index contributed by atoms with van der Waals surface area (Å²) in [6, 6.07) is 16.8. The summed E-state index contributed by atoms with van der Waals surface area (Å²) in [4.78, 5) is 27.8. The Morgan fingerprint density at radius 3 is 2.25 bits per heavy atom. The molecule has 0 fully saturated rings. The predicted molar refractivity (Wildman–Crippen MR) is 153 cm³/mol. The maximum absolute atomic E-state index is 14.6. The van der Waals surface area contributed by atoms with Crippen LogP contribution in [0.1, 0.15) is 32.8 Å². The van der Waals surface area contributed by atoms with E-state index in [0.29, 0.717) is 30.3 Å². The van der Waals surface area contributed by atoms with E-state index in [1.165, 1.54) is 66.4 Å². The summed E-state index contributed by atoms with van der Waals surface area (Å²) in [5, 5.41) is 3.10. The van der Waals surface area contributed by atoms with Crippen LogP contribution in [0.5, 0.6) is 5.75 Å². The summed E-state index contributed by atoms with van der Waals surface area (Å²) in [6.07, 6.45) is 0.685. The number of rotatable bonds is 13. The zero-order chi connectivity index (χ0) is 29.3. The molecule has 2 amide bonds. The van der Waals surface area contributed by atoms with E-state index in [1.807, 2.05) is 13.8 Å². The molecule has 0 aliphatic carbocycles. The normalized spacial score (nSPS) is 11.9. The van der Waals surface area contributed by atoms with Crippen LogP contribution in [-0.4, -0.2) is 50.9 Å². The fourth-order valence-corrected chi connectivity index (χ4v) is 5.47. The molecule has 0 aliphatic rings. The van der Waals surface area contributed by atoms with Crippen molar-refractivity contribution in [1.29, 1.82) is 0 Å². The van der Waals surface area contributed by atoms with E-state index < -0.39 is 40.2 Å². The minimum Gasteiger partial charge on any atom is -0.494 e. The molecule has 3 rings (SSSR count). The third kappa shape index (κ3) is 7.73. The van der Waals surface area contributed by atoms with Gasteiger partial charge in [-0.3, -0.25) is 13.9 Å².